The number of aliphatic imine (C=N–C) groups is 1. The molecule has 6 heteroatoms. The molecule has 0 radical (unpaired) electrons. The van der Waals surface area contributed by atoms with Gasteiger partial charge in [-0.2, -0.15) is 0 Å². The van der Waals surface area contributed by atoms with Crippen LogP contribution in [0, 0.1) is 6.92 Å². The third kappa shape index (κ3) is 4.55. The number of hydrogen-bond donors (Lipinski definition) is 1. The second-order valence-corrected chi connectivity index (χ2v) is 9.97. The number of rotatable bonds is 5. The molecule has 0 atom stereocenters. The molecule has 6 nitrogen and oxygen atoms in total. The van der Waals surface area contributed by atoms with E-state index in [1.807, 2.05) is 18.5 Å². The van der Waals surface area contributed by atoms with Gasteiger partial charge in [-0.1, -0.05) is 39.0 Å². The van der Waals surface area contributed by atoms with Gasteiger partial charge in [0, 0.05) is 67.5 Å². The van der Waals surface area contributed by atoms with Crippen molar-refractivity contribution in [1.29, 1.82) is 0 Å². The molecule has 2 aliphatic rings. The highest BCUT2D eigenvalue weighted by molar-refractivity contribution is 5.85. The summed E-state index contributed by atoms with van der Waals surface area (Å²) >= 11 is 0. The second-order valence-electron chi connectivity index (χ2n) is 9.97. The first-order chi connectivity index (χ1) is 16.4. The van der Waals surface area contributed by atoms with E-state index in [1.54, 1.807) is 0 Å². The van der Waals surface area contributed by atoms with E-state index >= 15 is 0 Å². The Kier molecular flexibility index (Phi) is 6.09. The minimum atomic E-state index is 0.0229. The highest BCUT2D eigenvalue weighted by atomic mass is 15.3. The van der Waals surface area contributed by atoms with Crippen LogP contribution in [0.15, 0.2) is 53.7 Å². The van der Waals surface area contributed by atoms with Crippen LogP contribution in [-0.2, 0) is 5.41 Å². The Hall–Kier alpha value is -3.25. The maximum atomic E-state index is 4.84. The number of likely N-dealkylation sites (N-methyl/N-ethyl adjacent to an activating group) is 1. The SMILES string of the molecule is CCN1CCN(c2cc(Nc3nccc(-c4ccc5c(c4)C(C)(C)CN=C5)n3)ccc2C)CC1. The maximum Gasteiger partial charge on any atom is 0.227 e. The lowest BCUT2D eigenvalue weighted by atomic mass is 9.79. The molecule has 1 N–H and O–H groups in total. The van der Waals surface area contributed by atoms with Crippen molar-refractivity contribution in [3.63, 3.8) is 0 Å². The summed E-state index contributed by atoms with van der Waals surface area (Å²) in [6.45, 7) is 15.2. The standard InChI is InChI=1S/C28H34N6/c1-5-33-12-14-34(15-13-33)26-17-23(9-6-20(26)2)31-27-30-11-10-25(32-27)21-7-8-22-18-29-19-28(3,4)24(22)16-21/h6-11,16-18H,5,12-15,19H2,1-4H3,(H,30,31,32). The van der Waals surface area contributed by atoms with Crippen LogP contribution in [0.2, 0.25) is 0 Å². The topological polar surface area (TPSA) is 56.6 Å². The van der Waals surface area contributed by atoms with E-state index in [0.717, 1.165) is 56.2 Å². The van der Waals surface area contributed by atoms with Crippen molar-refractivity contribution >= 4 is 23.5 Å². The molecule has 1 fully saturated rings. The number of aryl methyl sites for hydroxylation is 1. The monoisotopic (exact) mass is 454 g/mol. The second kappa shape index (κ2) is 9.18. The molecule has 3 aromatic rings. The molecule has 0 bridgehead atoms. The molecule has 0 aliphatic carbocycles. The van der Waals surface area contributed by atoms with Crippen LogP contribution in [0.1, 0.15) is 37.5 Å². The zero-order valence-corrected chi connectivity index (χ0v) is 20.7. The predicted octanol–water partition coefficient (Wildman–Crippen LogP) is 5.05. The average Bonchev–Trinajstić information content (AvgIpc) is 2.85. The summed E-state index contributed by atoms with van der Waals surface area (Å²) < 4.78 is 0. The molecular formula is C28H34N6. The van der Waals surface area contributed by atoms with Crippen LogP contribution in [0.3, 0.4) is 0 Å². The first-order valence-electron chi connectivity index (χ1n) is 12.3. The summed E-state index contributed by atoms with van der Waals surface area (Å²) in [6.07, 6.45) is 3.81. The van der Waals surface area contributed by atoms with E-state index in [9.17, 15) is 0 Å². The molecule has 176 valence electrons. The van der Waals surface area contributed by atoms with Gasteiger partial charge in [-0.25, -0.2) is 9.97 Å². The Labute approximate surface area is 202 Å². The zero-order valence-electron chi connectivity index (χ0n) is 20.7. The number of aromatic nitrogens is 2. The highest BCUT2D eigenvalue weighted by Crippen LogP contribution is 2.33. The summed E-state index contributed by atoms with van der Waals surface area (Å²) in [5, 5.41) is 3.44. The van der Waals surface area contributed by atoms with E-state index in [4.69, 9.17) is 4.98 Å². The summed E-state index contributed by atoms with van der Waals surface area (Å²) in [5.41, 5.74) is 8.15. The van der Waals surface area contributed by atoms with Crippen molar-refractivity contribution in [3.8, 4) is 11.3 Å². The lowest BCUT2D eigenvalue weighted by Gasteiger charge is -2.36. The van der Waals surface area contributed by atoms with Crippen LogP contribution >= 0.6 is 0 Å². The van der Waals surface area contributed by atoms with E-state index in [1.165, 1.54) is 22.4 Å². The summed E-state index contributed by atoms with van der Waals surface area (Å²) in [6, 6.07) is 15.0. The van der Waals surface area contributed by atoms with Gasteiger partial charge in [0.2, 0.25) is 5.95 Å². The van der Waals surface area contributed by atoms with Crippen molar-refractivity contribution in [2.75, 3.05) is 49.5 Å². The predicted molar refractivity (Wildman–Crippen MR) is 142 cm³/mol. The average molecular weight is 455 g/mol. The Morgan fingerprint density at radius 2 is 1.82 bits per heavy atom. The highest BCUT2D eigenvalue weighted by Gasteiger charge is 2.26. The fourth-order valence-electron chi connectivity index (χ4n) is 4.91. The van der Waals surface area contributed by atoms with Gasteiger partial charge in [-0.3, -0.25) is 4.99 Å². The van der Waals surface area contributed by atoms with Crippen LogP contribution in [0.4, 0.5) is 17.3 Å². The summed E-state index contributed by atoms with van der Waals surface area (Å²) in [7, 11) is 0. The van der Waals surface area contributed by atoms with Crippen LogP contribution in [0.25, 0.3) is 11.3 Å². The zero-order chi connectivity index (χ0) is 23.7. The molecule has 0 spiro atoms. The number of benzene rings is 2. The lowest BCUT2D eigenvalue weighted by molar-refractivity contribution is 0.271. The smallest absolute Gasteiger partial charge is 0.227 e. The number of piperazine rings is 1. The summed E-state index contributed by atoms with van der Waals surface area (Å²) in [4.78, 5) is 18.9. The molecule has 5 rings (SSSR count). The molecule has 1 aromatic heterocycles. The molecule has 3 heterocycles. The molecule has 0 saturated carbocycles. The normalized spacial score (nSPS) is 17.5. The fourth-order valence-corrected chi connectivity index (χ4v) is 4.91. The number of anilines is 3. The van der Waals surface area contributed by atoms with Gasteiger partial charge >= 0.3 is 0 Å². The largest absolute Gasteiger partial charge is 0.369 e. The lowest BCUT2D eigenvalue weighted by Crippen LogP contribution is -2.46. The van der Waals surface area contributed by atoms with Crippen molar-refractivity contribution in [2.24, 2.45) is 4.99 Å². The van der Waals surface area contributed by atoms with E-state index < -0.39 is 0 Å². The Morgan fingerprint density at radius 1 is 1.00 bits per heavy atom. The molecule has 0 amide bonds. The Morgan fingerprint density at radius 3 is 2.62 bits per heavy atom. The minimum absolute atomic E-state index is 0.0229. The number of nitrogens with zero attached hydrogens (tertiary/aromatic N) is 5. The van der Waals surface area contributed by atoms with Crippen LogP contribution < -0.4 is 10.2 Å². The number of fused-ring (bicyclic) bond motifs is 1. The van der Waals surface area contributed by atoms with Crippen LogP contribution in [0.5, 0.6) is 0 Å². The van der Waals surface area contributed by atoms with Crippen molar-refractivity contribution in [3.05, 3.63) is 65.4 Å². The minimum Gasteiger partial charge on any atom is -0.369 e. The number of hydrogen-bond acceptors (Lipinski definition) is 6. The van der Waals surface area contributed by atoms with Gasteiger partial charge in [0.05, 0.1) is 5.69 Å². The molecule has 1 saturated heterocycles. The van der Waals surface area contributed by atoms with Crippen molar-refractivity contribution in [1.82, 2.24) is 14.9 Å². The van der Waals surface area contributed by atoms with Gasteiger partial charge in [0.25, 0.3) is 0 Å². The number of nitrogens with one attached hydrogen (secondary N) is 1. The van der Waals surface area contributed by atoms with E-state index in [0.29, 0.717) is 5.95 Å². The first kappa shape index (κ1) is 22.5. The molecule has 0 unspecified atom stereocenters. The Balaban J connectivity index is 1.38. The fraction of sp³-hybridized carbons (Fsp3) is 0.393. The van der Waals surface area contributed by atoms with Crippen molar-refractivity contribution in [2.45, 2.75) is 33.1 Å². The maximum absolute atomic E-state index is 4.84. The Bertz CT molecular complexity index is 1210. The van der Waals surface area contributed by atoms with Gasteiger partial charge in [-0.05, 0) is 54.4 Å². The quantitative estimate of drug-likeness (QED) is 0.585. The van der Waals surface area contributed by atoms with E-state index in [2.05, 4.69) is 89.2 Å². The summed E-state index contributed by atoms with van der Waals surface area (Å²) in [5.74, 6) is 0.613. The molecular weight excluding hydrogens is 420 g/mol. The van der Waals surface area contributed by atoms with Crippen molar-refractivity contribution < 1.29 is 0 Å². The van der Waals surface area contributed by atoms with E-state index in [-0.39, 0.29) is 5.41 Å². The molecule has 34 heavy (non-hydrogen) atoms. The first-order valence-corrected chi connectivity index (χ1v) is 12.3. The van der Waals surface area contributed by atoms with Gasteiger partial charge in [-0.15, -0.1) is 0 Å². The molecule has 2 aliphatic heterocycles. The van der Waals surface area contributed by atoms with Gasteiger partial charge in [0.1, 0.15) is 0 Å². The van der Waals surface area contributed by atoms with Gasteiger partial charge < -0.3 is 15.1 Å². The third-order valence-corrected chi connectivity index (χ3v) is 7.08. The molecule has 2 aromatic carbocycles. The third-order valence-electron chi connectivity index (χ3n) is 7.08. The van der Waals surface area contributed by atoms with Crippen LogP contribution in [-0.4, -0.2) is 60.4 Å². The van der Waals surface area contributed by atoms with Gasteiger partial charge in [0.15, 0.2) is 0 Å².